The molecule has 0 unspecified atom stereocenters. The minimum Gasteiger partial charge on any atom is -0.496 e. The van der Waals surface area contributed by atoms with Crippen molar-refractivity contribution in [3.8, 4) is 23.0 Å². The lowest BCUT2D eigenvalue weighted by Crippen LogP contribution is -2.05. The number of hydrogen-bond donors (Lipinski definition) is 0. The highest BCUT2D eigenvalue weighted by molar-refractivity contribution is 7.99. The standard InChI is InChI=1S/C19H17FN2O4S/c1-3-25-14-7-4-12(5-8-14)18-21-22-19(26-18)27-11-16(23)15-10-13(20)6-9-17(15)24-2/h4-10H,3,11H2,1-2H3. The number of aromatic nitrogens is 2. The van der Waals surface area contributed by atoms with Crippen LogP contribution in [0.1, 0.15) is 17.3 Å². The second-order valence-electron chi connectivity index (χ2n) is 5.39. The predicted octanol–water partition coefficient (Wildman–Crippen LogP) is 4.26. The molecule has 0 aliphatic heterocycles. The quantitative estimate of drug-likeness (QED) is 0.422. The topological polar surface area (TPSA) is 74.5 Å². The Balaban J connectivity index is 1.66. The summed E-state index contributed by atoms with van der Waals surface area (Å²) in [6.45, 7) is 2.50. The average Bonchev–Trinajstić information content (AvgIpc) is 3.16. The van der Waals surface area contributed by atoms with Crippen LogP contribution in [-0.4, -0.2) is 35.5 Å². The molecule has 1 heterocycles. The van der Waals surface area contributed by atoms with Gasteiger partial charge in [-0.2, -0.15) is 0 Å². The number of thioether (sulfide) groups is 1. The highest BCUT2D eigenvalue weighted by Crippen LogP contribution is 2.27. The summed E-state index contributed by atoms with van der Waals surface area (Å²) >= 11 is 1.08. The van der Waals surface area contributed by atoms with Gasteiger partial charge in [-0.3, -0.25) is 4.79 Å². The van der Waals surface area contributed by atoms with Gasteiger partial charge in [0.25, 0.3) is 5.22 Å². The number of halogens is 1. The normalized spacial score (nSPS) is 10.6. The van der Waals surface area contributed by atoms with Crippen molar-refractivity contribution < 1.29 is 23.1 Å². The molecular weight excluding hydrogens is 371 g/mol. The van der Waals surface area contributed by atoms with Gasteiger partial charge < -0.3 is 13.9 Å². The molecule has 0 saturated carbocycles. The van der Waals surface area contributed by atoms with E-state index in [9.17, 15) is 9.18 Å². The number of ether oxygens (including phenoxy) is 2. The van der Waals surface area contributed by atoms with Crippen LogP contribution in [0.25, 0.3) is 11.5 Å². The van der Waals surface area contributed by atoms with E-state index in [4.69, 9.17) is 13.9 Å². The Labute approximate surface area is 159 Å². The smallest absolute Gasteiger partial charge is 0.277 e. The second-order valence-corrected chi connectivity index (χ2v) is 6.31. The molecule has 1 aromatic heterocycles. The molecule has 0 fully saturated rings. The highest BCUT2D eigenvalue weighted by Gasteiger charge is 2.16. The van der Waals surface area contributed by atoms with Gasteiger partial charge in [-0.1, -0.05) is 11.8 Å². The summed E-state index contributed by atoms with van der Waals surface area (Å²) in [7, 11) is 1.43. The largest absolute Gasteiger partial charge is 0.496 e. The van der Waals surface area contributed by atoms with Crippen LogP contribution in [0.3, 0.4) is 0 Å². The van der Waals surface area contributed by atoms with E-state index in [0.29, 0.717) is 18.2 Å². The zero-order chi connectivity index (χ0) is 19.2. The van der Waals surface area contributed by atoms with E-state index in [-0.39, 0.29) is 22.3 Å². The monoisotopic (exact) mass is 388 g/mol. The van der Waals surface area contributed by atoms with Gasteiger partial charge in [0.2, 0.25) is 5.89 Å². The molecule has 0 N–H and O–H groups in total. The molecular formula is C19H17FN2O4S. The Bertz CT molecular complexity index is 928. The predicted molar refractivity (Wildman–Crippen MR) is 98.9 cm³/mol. The molecule has 8 heteroatoms. The van der Waals surface area contributed by atoms with Gasteiger partial charge in [0.1, 0.15) is 17.3 Å². The van der Waals surface area contributed by atoms with Crippen molar-refractivity contribution in [3.63, 3.8) is 0 Å². The van der Waals surface area contributed by atoms with Crippen molar-refractivity contribution in [1.82, 2.24) is 10.2 Å². The molecule has 0 aliphatic carbocycles. The Morgan fingerprint density at radius 3 is 2.67 bits per heavy atom. The highest BCUT2D eigenvalue weighted by atomic mass is 32.2. The Morgan fingerprint density at radius 1 is 1.19 bits per heavy atom. The first-order valence-electron chi connectivity index (χ1n) is 8.17. The third kappa shape index (κ3) is 4.65. The number of ketones is 1. The van der Waals surface area contributed by atoms with E-state index in [1.165, 1.54) is 19.2 Å². The molecule has 2 aromatic carbocycles. The summed E-state index contributed by atoms with van der Waals surface area (Å²) in [5.41, 5.74) is 0.923. The number of benzene rings is 2. The van der Waals surface area contributed by atoms with E-state index in [1.54, 1.807) is 0 Å². The molecule has 27 heavy (non-hydrogen) atoms. The fourth-order valence-corrected chi connectivity index (χ4v) is 2.99. The first kappa shape index (κ1) is 18.9. The van der Waals surface area contributed by atoms with Crippen LogP contribution in [0.5, 0.6) is 11.5 Å². The molecule has 6 nitrogen and oxygen atoms in total. The summed E-state index contributed by atoms with van der Waals surface area (Å²) in [6, 6.07) is 11.1. The molecule has 0 spiro atoms. The Hall–Kier alpha value is -2.87. The molecule has 140 valence electrons. The van der Waals surface area contributed by atoms with E-state index in [2.05, 4.69) is 10.2 Å². The van der Waals surface area contributed by atoms with Gasteiger partial charge in [-0.05, 0) is 49.4 Å². The fraction of sp³-hybridized carbons (Fsp3) is 0.211. The van der Waals surface area contributed by atoms with Crippen molar-refractivity contribution in [2.45, 2.75) is 12.1 Å². The van der Waals surface area contributed by atoms with Gasteiger partial charge in [0, 0.05) is 5.56 Å². The molecule has 0 amide bonds. The number of Topliss-reactive ketones (excluding diaryl/α,β-unsaturated/α-hetero) is 1. The Morgan fingerprint density at radius 2 is 1.96 bits per heavy atom. The van der Waals surface area contributed by atoms with Crippen LogP contribution in [0.2, 0.25) is 0 Å². The maximum absolute atomic E-state index is 13.4. The minimum absolute atomic E-state index is 0.0186. The molecule has 0 aliphatic rings. The molecule has 3 rings (SSSR count). The van der Waals surface area contributed by atoms with E-state index >= 15 is 0 Å². The number of nitrogens with zero attached hydrogens (tertiary/aromatic N) is 2. The van der Waals surface area contributed by atoms with E-state index in [1.807, 2.05) is 31.2 Å². The first-order valence-corrected chi connectivity index (χ1v) is 9.15. The number of carbonyl (C=O) groups excluding carboxylic acids is 1. The van der Waals surface area contributed by atoms with Crippen molar-refractivity contribution in [2.75, 3.05) is 19.5 Å². The van der Waals surface area contributed by atoms with Gasteiger partial charge in [-0.15, -0.1) is 10.2 Å². The van der Waals surface area contributed by atoms with Crippen molar-refractivity contribution >= 4 is 17.5 Å². The molecule has 0 radical (unpaired) electrons. The minimum atomic E-state index is -0.500. The van der Waals surface area contributed by atoms with Crippen LogP contribution in [-0.2, 0) is 0 Å². The van der Waals surface area contributed by atoms with Gasteiger partial charge >= 0.3 is 0 Å². The molecule has 3 aromatic rings. The summed E-state index contributed by atoms with van der Waals surface area (Å²) in [5.74, 6) is 0.644. The van der Waals surface area contributed by atoms with Crippen LogP contribution < -0.4 is 9.47 Å². The lowest BCUT2D eigenvalue weighted by molar-refractivity contribution is 0.101. The van der Waals surface area contributed by atoms with Crippen molar-refractivity contribution in [3.05, 3.63) is 53.8 Å². The van der Waals surface area contributed by atoms with Crippen LogP contribution >= 0.6 is 11.8 Å². The zero-order valence-electron chi connectivity index (χ0n) is 14.8. The maximum atomic E-state index is 13.4. The zero-order valence-corrected chi connectivity index (χ0v) is 15.6. The van der Waals surface area contributed by atoms with E-state index < -0.39 is 5.82 Å². The SMILES string of the molecule is CCOc1ccc(-c2nnc(SCC(=O)c3cc(F)ccc3OC)o2)cc1. The number of hydrogen-bond acceptors (Lipinski definition) is 7. The van der Waals surface area contributed by atoms with E-state index in [0.717, 1.165) is 29.1 Å². The van der Waals surface area contributed by atoms with Gasteiger partial charge in [-0.25, -0.2) is 4.39 Å². The third-order valence-electron chi connectivity index (χ3n) is 3.61. The summed E-state index contributed by atoms with van der Waals surface area (Å²) < 4.78 is 29.5. The lowest BCUT2D eigenvalue weighted by atomic mass is 10.1. The summed E-state index contributed by atoms with van der Waals surface area (Å²) in [5, 5.41) is 8.17. The van der Waals surface area contributed by atoms with Crippen LogP contribution in [0, 0.1) is 5.82 Å². The fourth-order valence-electron chi connectivity index (χ4n) is 2.35. The Kier molecular flexibility index (Phi) is 6.08. The summed E-state index contributed by atoms with van der Waals surface area (Å²) in [6.07, 6.45) is 0. The number of methoxy groups -OCH3 is 1. The van der Waals surface area contributed by atoms with Gasteiger partial charge in [0.05, 0.1) is 25.0 Å². The first-order chi connectivity index (χ1) is 13.1. The molecule has 0 atom stereocenters. The van der Waals surface area contributed by atoms with Crippen molar-refractivity contribution in [1.29, 1.82) is 0 Å². The second kappa shape index (κ2) is 8.68. The number of rotatable bonds is 8. The van der Waals surface area contributed by atoms with Crippen LogP contribution in [0.15, 0.2) is 52.1 Å². The molecule has 0 saturated heterocycles. The molecule has 0 bridgehead atoms. The lowest BCUT2D eigenvalue weighted by Gasteiger charge is -2.06. The summed E-state index contributed by atoms with van der Waals surface area (Å²) in [4.78, 5) is 12.4. The van der Waals surface area contributed by atoms with Gasteiger partial charge in [0.15, 0.2) is 5.78 Å². The maximum Gasteiger partial charge on any atom is 0.277 e. The van der Waals surface area contributed by atoms with Crippen LogP contribution in [0.4, 0.5) is 4.39 Å². The van der Waals surface area contributed by atoms with Crippen molar-refractivity contribution in [2.24, 2.45) is 0 Å². The number of carbonyl (C=O) groups is 1. The third-order valence-corrected chi connectivity index (χ3v) is 4.43. The average molecular weight is 388 g/mol.